The standard InChI is InChI=1S/C23H30N4O2/c1-4-27-21-7-9-25(16(3)28)12-20(21)23(24-27)26-8-5-6-17-11-19(18-13-29-14-18)15(2)10-22(17)26/h10-11,18H,4-9,12-14H2,1-3H3. The van der Waals surface area contributed by atoms with Crippen LogP contribution in [0.4, 0.5) is 11.5 Å². The van der Waals surface area contributed by atoms with Gasteiger partial charge in [0.05, 0.1) is 19.8 Å². The quantitative estimate of drug-likeness (QED) is 0.801. The van der Waals surface area contributed by atoms with Crippen LogP contribution in [0.25, 0.3) is 0 Å². The molecule has 3 aliphatic heterocycles. The van der Waals surface area contributed by atoms with E-state index in [-0.39, 0.29) is 5.91 Å². The fourth-order valence-electron chi connectivity index (χ4n) is 5.05. The molecule has 1 saturated heterocycles. The Hall–Kier alpha value is -2.34. The molecule has 1 aromatic carbocycles. The molecule has 1 amide bonds. The van der Waals surface area contributed by atoms with E-state index in [0.717, 1.165) is 57.9 Å². The lowest BCUT2D eigenvalue weighted by molar-refractivity contribution is -0.129. The third-order valence-electron chi connectivity index (χ3n) is 6.78. The molecule has 2 aromatic rings. The number of hydrogen-bond donors (Lipinski definition) is 0. The van der Waals surface area contributed by atoms with Crippen molar-refractivity contribution in [3.05, 3.63) is 40.1 Å². The van der Waals surface area contributed by atoms with E-state index in [1.807, 2.05) is 4.90 Å². The maximum Gasteiger partial charge on any atom is 0.219 e. The van der Waals surface area contributed by atoms with Crippen molar-refractivity contribution < 1.29 is 9.53 Å². The Labute approximate surface area is 172 Å². The molecular weight excluding hydrogens is 364 g/mol. The first-order chi connectivity index (χ1) is 14.1. The summed E-state index contributed by atoms with van der Waals surface area (Å²) in [5.74, 6) is 1.74. The number of amides is 1. The second-order valence-electron chi connectivity index (χ2n) is 8.58. The van der Waals surface area contributed by atoms with Crippen LogP contribution in [0.1, 0.15) is 54.1 Å². The molecule has 0 spiro atoms. The van der Waals surface area contributed by atoms with E-state index in [2.05, 4.69) is 35.6 Å². The van der Waals surface area contributed by atoms with Crippen LogP contribution in [0.3, 0.4) is 0 Å². The molecule has 154 valence electrons. The molecule has 3 aliphatic rings. The summed E-state index contributed by atoms with van der Waals surface area (Å²) < 4.78 is 7.57. The zero-order chi connectivity index (χ0) is 20.1. The first kappa shape index (κ1) is 18.7. The average molecular weight is 395 g/mol. The minimum Gasteiger partial charge on any atom is -0.380 e. The van der Waals surface area contributed by atoms with Crippen molar-refractivity contribution in [2.24, 2.45) is 0 Å². The highest BCUT2D eigenvalue weighted by Crippen LogP contribution is 2.40. The number of nitrogens with zero attached hydrogens (tertiary/aromatic N) is 4. The molecule has 6 nitrogen and oxygen atoms in total. The van der Waals surface area contributed by atoms with Crippen molar-refractivity contribution in [3.8, 4) is 0 Å². The number of carbonyl (C=O) groups is 1. The summed E-state index contributed by atoms with van der Waals surface area (Å²) in [6.07, 6.45) is 3.12. The molecule has 5 rings (SSSR count). The van der Waals surface area contributed by atoms with Gasteiger partial charge in [0.25, 0.3) is 0 Å². The van der Waals surface area contributed by atoms with Gasteiger partial charge in [-0.2, -0.15) is 5.10 Å². The summed E-state index contributed by atoms with van der Waals surface area (Å²) >= 11 is 0. The second-order valence-corrected chi connectivity index (χ2v) is 8.58. The number of anilines is 2. The van der Waals surface area contributed by atoms with Crippen molar-refractivity contribution in [2.75, 3.05) is 31.2 Å². The second kappa shape index (κ2) is 7.17. The largest absolute Gasteiger partial charge is 0.380 e. The van der Waals surface area contributed by atoms with Crippen molar-refractivity contribution in [3.63, 3.8) is 0 Å². The number of benzene rings is 1. The highest BCUT2D eigenvalue weighted by atomic mass is 16.5. The Kier molecular flexibility index (Phi) is 4.62. The maximum atomic E-state index is 12.0. The van der Waals surface area contributed by atoms with Crippen LogP contribution in [0.5, 0.6) is 0 Å². The molecule has 1 aromatic heterocycles. The molecule has 29 heavy (non-hydrogen) atoms. The summed E-state index contributed by atoms with van der Waals surface area (Å²) in [5, 5.41) is 5.03. The highest BCUT2D eigenvalue weighted by Gasteiger charge is 2.32. The van der Waals surface area contributed by atoms with Crippen LogP contribution in [-0.2, 0) is 35.5 Å². The Bertz CT molecular complexity index is 960. The number of ether oxygens (including phenoxy) is 1. The van der Waals surface area contributed by atoms with Gasteiger partial charge in [0, 0.05) is 55.8 Å². The normalized spacial score (nSPS) is 19.0. The predicted molar refractivity (Wildman–Crippen MR) is 113 cm³/mol. The summed E-state index contributed by atoms with van der Waals surface area (Å²) in [6, 6.07) is 4.76. The van der Waals surface area contributed by atoms with Crippen LogP contribution in [0.15, 0.2) is 12.1 Å². The zero-order valence-corrected chi connectivity index (χ0v) is 17.7. The topological polar surface area (TPSA) is 50.6 Å². The van der Waals surface area contributed by atoms with Crippen LogP contribution in [0, 0.1) is 6.92 Å². The molecule has 0 N–H and O–H groups in total. The van der Waals surface area contributed by atoms with Crippen molar-refractivity contribution in [1.29, 1.82) is 0 Å². The van der Waals surface area contributed by atoms with Crippen LogP contribution in [-0.4, -0.2) is 46.9 Å². The fourth-order valence-corrected chi connectivity index (χ4v) is 5.05. The van der Waals surface area contributed by atoms with Gasteiger partial charge >= 0.3 is 0 Å². The van der Waals surface area contributed by atoms with Crippen LogP contribution >= 0.6 is 0 Å². The zero-order valence-electron chi connectivity index (χ0n) is 17.7. The molecule has 0 aliphatic carbocycles. The van der Waals surface area contributed by atoms with Gasteiger partial charge in [0.1, 0.15) is 0 Å². The van der Waals surface area contributed by atoms with Crippen molar-refractivity contribution >= 4 is 17.4 Å². The van der Waals surface area contributed by atoms with E-state index in [1.54, 1.807) is 6.92 Å². The molecule has 0 atom stereocenters. The Balaban J connectivity index is 1.57. The number of aromatic nitrogens is 2. The SMILES string of the molecule is CCn1nc(N2CCCc3cc(C4COC4)c(C)cc32)c2c1CCN(C(C)=O)C2. The first-order valence-electron chi connectivity index (χ1n) is 10.9. The van der Waals surface area contributed by atoms with Gasteiger partial charge in [-0.15, -0.1) is 0 Å². The molecule has 0 radical (unpaired) electrons. The third kappa shape index (κ3) is 3.05. The summed E-state index contributed by atoms with van der Waals surface area (Å²) in [5.41, 5.74) is 8.03. The Morgan fingerprint density at radius 2 is 2.07 bits per heavy atom. The lowest BCUT2D eigenvalue weighted by atomic mass is 9.88. The van der Waals surface area contributed by atoms with Crippen molar-refractivity contribution in [1.82, 2.24) is 14.7 Å². The molecule has 1 fully saturated rings. The molecule has 0 saturated carbocycles. The monoisotopic (exact) mass is 394 g/mol. The molecule has 4 heterocycles. The van der Waals surface area contributed by atoms with Gasteiger partial charge in [0.2, 0.25) is 5.91 Å². The van der Waals surface area contributed by atoms with Crippen LogP contribution < -0.4 is 4.90 Å². The summed E-state index contributed by atoms with van der Waals surface area (Å²) in [6.45, 7) is 11.0. The van der Waals surface area contributed by atoms with E-state index in [9.17, 15) is 4.79 Å². The van der Waals surface area contributed by atoms with E-state index in [1.165, 1.54) is 33.6 Å². The van der Waals surface area contributed by atoms with Gasteiger partial charge in [-0.05, 0) is 49.4 Å². The van der Waals surface area contributed by atoms with E-state index >= 15 is 0 Å². The highest BCUT2D eigenvalue weighted by molar-refractivity contribution is 5.75. The maximum absolute atomic E-state index is 12.0. The summed E-state index contributed by atoms with van der Waals surface area (Å²) in [7, 11) is 0. The minimum absolute atomic E-state index is 0.146. The lowest BCUT2D eigenvalue weighted by Gasteiger charge is -2.35. The number of rotatable bonds is 3. The smallest absolute Gasteiger partial charge is 0.219 e. The fraction of sp³-hybridized carbons (Fsp3) is 0.565. The molecule has 6 heteroatoms. The number of carbonyl (C=O) groups excluding carboxylic acids is 1. The Morgan fingerprint density at radius 3 is 2.76 bits per heavy atom. The molecule has 0 bridgehead atoms. The van der Waals surface area contributed by atoms with Crippen molar-refractivity contribution in [2.45, 2.75) is 59.0 Å². The predicted octanol–water partition coefficient (Wildman–Crippen LogP) is 3.31. The van der Waals surface area contributed by atoms with Gasteiger partial charge in [-0.25, -0.2) is 0 Å². The van der Waals surface area contributed by atoms with Crippen LogP contribution in [0.2, 0.25) is 0 Å². The third-order valence-corrected chi connectivity index (χ3v) is 6.78. The van der Waals surface area contributed by atoms with E-state index in [0.29, 0.717) is 12.5 Å². The number of fused-ring (bicyclic) bond motifs is 2. The molecular formula is C23H30N4O2. The first-order valence-corrected chi connectivity index (χ1v) is 10.9. The van der Waals surface area contributed by atoms with E-state index in [4.69, 9.17) is 9.84 Å². The van der Waals surface area contributed by atoms with E-state index < -0.39 is 0 Å². The number of aryl methyl sites for hydroxylation is 3. The van der Waals surface area contributed by atoms with Gasteiger partial charge in [0.15, 0.2) is 5.82 Å². The Morgan fingerprint density at radius 1 is 1.24 bits per heavy atom. The average Bonchev–Trinajstić information content (AvgIpc) is 3.04. The minimum atomic E-state index is 0.146. The van der Waals surface area contributed by atoms with Gasteiger partial charge in [-0.3, -0.25) is 9.48 Å². The molecule has 0 unspecified atom stereocenters. The summed E-state index contributed by atoms with van der Waals surface area (Å²) in [4.78, 5) is 16.4. The van der Waals surface area contributed by atoms with Gasteiger partial charge in [-0.1, -0.05) is 6.07 Å². The lowest BCUT2D eigenvalue weighted by Crippen LogP contribution is -2.35. The van der Waals surface area contributed by atoms with Gasteiger partial charge < -0.3 is 14.5 Å². The number of hydrogen-bond acceptors (Lipinski definition) is 4.